The fourth-order valence-corrected chi connectivity index (χ4v) is 4.85. The molecule has 0 aromatic heterocycles. The van der Waals surface area contributed by atoms with Gasteiger partial charge in [-0.1, -0.05) is 43.2 Å². The normalized spacial score (nSPS) is 22.9. The second-order valence-corrected chi connectivity index (χ2v) is 10.4. The van der Waals surface area contributed by atoms with Crippen molar-refractivity contribution in [2.75, 3.05) is 19.6 Å². The molecule has 2 aliphatic heterocycles. The van der Waals surface area contributed by atoms with Gasteiger partial charge in [-0.05, 0) is 85.0 Å². The third kappa shape index (κ3) is 6.33. The van der Waals surface area contributed by atoms with Gasteiger partial charge in [0.15, 0.2) is 0 Å². The topological polar surface area (TPSA) is 64.8 Å². The van der Waals surface area contributed by atoms with Crippen molar-refractivity contribution in [1.82, 2.24) is 4.90 Å². The fraction of sp³-hybridized carbons (Fsp3) is 0.720. The van der Waals surface area contributed by atoms with Gasteiger partial charge in [-0.15, -0.1) is 0 Å². The highest BCUT2D eigenvalue weighted by Gasteiger charge is 2.55. The van der Waals surface area contributed by atoms with Crippen molar-refractivity contribution in [3.05, 3.63) is 35.9 Å². The molecule has 2 heterocycles. The number of aryl methyl sites for hydroxylation is 1. The van der Waals surface area contributed by atoms with Crippen LogP contribution in [0.1, 0.15) is 71.8 Å². The van der Waals surface area contributed by atoms with Crippen molar-refractivity contribution >= 4 is 13.0 Å². The second kappa shape index (κ2) is 10.5. The zero-order chi connectivity index (χ0) is 22.5. The Bertz CT molecular complexity index is 688. The lowest BCUT2D eigenvalue weighted by Crippen LogP contribution is -2.41. The lowest BCUT2D eigenvalue weighted by Gasteiger charge is -2.32. The van der Waals surface area contributed by atoms with E-state index in [4.69, 9.17) is 15.0 Å². The molecule has 0 saturated carbocycles. The maximum absolute atomic E-state index is 12.6. The van der Waals surface area contributed by atoms with Crippen LogP contribution in [0.25, 0.3) is 0 Å². The van der Waals surface area contributed by atoms with Crippen LogP contribution in [-0.2, 0) is 20.5 Å². The smallest absolute Gasteiger partial charge is 0.403 e. The van der Waals surface area contributed by atoms with Crippen LogP contribution in [0.2, 0.25) is 5.82 Å². The van der Waals surface area contributed by atoms with E-state index in [0.29, 0.717) is 0 Å². The molecule has 0 radical (unpaired) electrons. The Labute approximate surface area is 189 Å². The van der Waals surface area contributed by atoms with Gasteiger partial charge in [0.05, 0.1) is 11.2 Å². The molecular formula is C25H41BN2O3. The van der Waals surface area contributed by atoms with E-state index in [-0.39, 0.29) is 17.6 Å². The van der Waals surface area contributed by atoms with Crippen molar-refractivity contribution in [3.8, 4) is 0 Å². The summed E-state index contributed by atoms with van der Waals surface area (Å²) >= 11 is 0. The number of likely N-dealkylation sites (tertiary alicyclic amines) is 1. The summed E-state index contributed by atoms with van der Waals surface area (Å²) in [5.41, 5.74) is 6.46. The summed E-state index contributed by atoms with van der Waals surface area (Å²) in [5, 5.41) is 0. The van der Waals surface area contributed by atoms with Gasteiger partial charge in [0.1, 0.15) is 0 Å². The summed E-state index contributed by atoms with van der Waals surface area (Å²) in [7, 11) is -0.403. The first-order chi connectivity index (χ1) is 14.7. The first kappa shape index (κ1) is 24.3. The number of nitrogens with two attached hydrogens (primary N) is 1. The first-order valence-corrected chi connectivity index (χ1v) is 12.1. The number of carbonyl (C=O) groups excluding carboxylic acids is 1. The molecule has 1 aromatic rings. The standard InChI is InChI=1S/C25H41BN2O3/c1-24(2)25(3,4)31-26(30-24)22(15-11-14-20-12-7-5-8-13-20)21(23(27)29)16-19-28-17-9-6-10-18-28/h5,7-8,12-13,21-22H,6,9-11,14-19H2,1-4H3,(H2,27,29)/t21?,22-/m1/s1. The van der Waals surface area contributed by atoms with Gasteiger partial charge in [-0.2, -0.15) is 0 Å². The van der Waals surface area contributed by atoms with Crippen molar-refractivity contribution in [2.24, 2.45) is 11.7 Å². The molecule has 1 aromatic carbocycles. The Morgan fingerprint density at radius 3 is 2.23 bits per heavy atom. The summed E-state index contributed by atoms with van der Waals surface area (Å²) < 4.78 is 12.8. The van der Waals surface area contributed by atoms with Gasteiger partial charge in [0, 0.05) is 11.7 Å². The number of benzene rings is 1. The highest BCUT2D eigenvalue weighted by atomic mass is 16.7. The molecule has 172 valence electrons. The molecule has 0 spiro atoms. The van der Waals surface area contributed by atoms with E-state index < -0.39 is 18.3 Å². The molecule has 2 atom stereocenters. The van der Waals surface area contributed by atoms with Crippen LogP contribution in [0.15, 0.2) is 30.3 Å². The molecular weight excluding hydrogens is 387 g/mol. The molecule has 6 heteroatoms. The second-order valence-electron chi connectivity index (χ2n) is 10.4. The Hall–Kier alpha value is -1.37. The molecule has 31 heavy (non-hydrogen) atoms. The van der Waals surface area contributed by atoms with E-state index >= 15 is 0 Å². The van der Waals surface area contributed by atoms with Crippen LogP contribution in [0.5, 0.6) is 0 Å². The Kier molecular flexibility index (Phi) is 8.22. The van der Waals surface area contributed by atoms with Gasteiger partial charge in [-0.3, -0.25) is 4.79 Å². The van der Waals surface area contributed by atoms with Crippen molar-refractivity contribution in [1.29, 1.82) is 0 Å². The summed E-state index contributed by atoms with van der Waals surface area (Å²) in [6.07, 6.45) is 7.40. The largest absolute Gasteiger partial charge is 0.461 e. The summed E-state index contributed by atoms with van der Waals surface area (Å²) in [6, 6.07) is 10.5. The van der Waals surface area contributed by atoms with Crippen molar-refractivity contribution in [2.45, 2.75) is 89.7 Å². The Morgan fingerprint density at radius 1 is 1.03 bits per heavy atom. The number of hydrogen-bond acceptors (Lipinski definition) is 4. The number of rotatable bonds is 10. The van der Waals surface area contributed by atoms with E-state index in [0.717, 1.165) is 45.3 Å². The van der Waals surface area contributed by atoms with Gasteiger partial charge in [-0.25, -0.2) is 0 Å². The molecule has 2 N–H and O–H groups in total. The van der Waals surface area contributed by atoms with E-state index in [1.54, 1.807) is 0 Å². The third-order valence-electron chi connectivity index (χ3n) is 7.55. The molecule has 3 rings (SSSR count). The molecule has 0 aliphatic carbocycles. The molecule has 1 amide bonds. The highest BCUT2D eigenvalue weighted by Crippen LogP contribution is 2.44. The van der Waals surface area contributed by atoms with E-state index in [1.807, 2.05) is 6.07 Å². The molecule has 2 saturated heterocycles. The molecule has 0 bridgehead atoms. The summed E-state index contributed by atoms with van der Waals surface area (Å²) in [4.78, 5) is 15.1. The summed E-state index contributed by atoms with van der Waals surface area (Å²) in [6.45, 7) is 11.5. The maximum atomic E-state index is 12.6. The fourth-order valence-electron chi connectivity index (χ4n) is 4.85. The molecule has 1 unspecified atom stereocenters. The van der Waals surface area contributed by atoms with E-state index in [2.05, 4.69) is 56.9 Å². The zero-order valence-corrected chi connectivity index (χ0v) is 19.9. The average molecular weight is 428 g/mol. The summed E-state index contributed by atoms with van der Waals surface area (Å²) in [5.74, 6) is -0.504. The maximum Gasteiger partial charge on any atom is 0.461 e. The van der Waals surface area contributed by atoms with Crippen LogP contribution in [0.4, 0.5) is 0 Å². The SMILES string of the molecule is CC1(C)OB([C@H](CCCc2ccccc2)C(CCN2CCCCC2)C(N)=O)OC1(C)C. The van der Waals surface area contributed by atoms with Crippen molar-refractivity contribution < 1.29 is 14.1 Å². The minimum atomic E-state index is -0.412. The average Bonchev–Trinajstić information content (AvgIpc) is 2.95. The van der Waals surface area contributed by atoms with Crippen LogP contribution in [0, 0.1) is 5.92 Å². The predicted molar refractivity (Wildman–Crippen MR) is 127 cm³/mol. The number of hydrogen-bond donors (Lipinski definition) is 1. The minimum Gasteiger partial charge on any atom is -0.403 e. The highest BCUT2D eigenvalue weighted by molar-refractivity contribution is 6.48. The third-order valence-corrected chi connectivity index (χ3v) is 7.55. The number of amides is 1. The lowest BCUT2D eigenvalue weighted by atomic mass is 9.61. The molecule has 2 fully saturated rings. The van der Waals surface area contributed by atoms with E-state index in [1.165, 1.54) is 24.8 Å². The van der Waals surface area contributed by atoms with Crippen LogP contribution in [-0.4, -0.2) is 48.8 Å². The lowest BCUT2D eigenvalue weighted by molar-refractivity contribution is -0.122. The van der Waals surface area contributed by atoms with Gasteiger partial charge < -0.3 is 19.9 Å². The van der Waals surface area contributed by atoms with Crippen LogP contribution < -0.4 is 5.73 Å². The van der Waals surface area contributed by atoms with Crippen molar-refractivity contribution in [3.63, 3.8) is 0 Å². The predicted octanol–water partition coefficient (Wildman–Crippen LogP) is 4.45. The number of primary amides is 1. The van der Waals surface area contributed by atoms with Crippen LogP contribution >= 0.6 is 0 Å². The minimum absolute atomic E-state index is 0.0351. The van der Waals surface area contributed by atoms with Gasteiger partial charge in [0.25, 0.3) is 0 Å². The number of nitrogens with zero attached hydrogens (tertiary/aromatic N) is 1. The molecule has 2 aliphatic rings. The monoisotopic (exact) mass is 428 g/mol. The van der Waals surface area contributed by atoms with E-state index in [9.17, 15) is 4.79 Å². The number of carbonyl (C=O) groups is 1. The zero-order valence-electron chi connectivity index (χ0n) is 19.9. The Balaban J connectivity index is 1.71. The van der Waals surface area contributed by atoms with Gasteiger partial charge >= 0.3 is 7.12 Å². The quantitative estimate of drug-likeness (QED) is 0.560. The molecule has 5 nitrogen and oxygen atoms in total. The van der Waals surface area contributed by atoms with Crippen LogP contribution in [0.3, 0.4) is 0 Å². The Morgan fingerprint density at radius 2 is 1.65 bits per heavy atom. The number of piperidine rings is 1. The first-order valence-electron chi connectivity index (χ1n) is 12.1. The van der Waals surface area contributed by atoms with Gasteiger partial charge in [0.2, 0.25) is 5.91 Å².